The molecule has 2 amide bonds. The highest BCUT2D eigenvalue weighted by Crippen LogP contribution is 2.26. The first-order valence-corrected chi connectivity index (χ1v) is 13.3. The van der Waals surface area contributed by atoms with Crippen molar-refractivity contribution in [2.45, 2.75) is 32.2 Å². The van der Waals surface area contributed by atoms with Gasteiger partial charge < -0.3 is 20.6 Å². The second-order valence-corrected chi connectivity index (χ2v) is 9.87. The predicted molar refractivity (Wildman–Crippen MR) is 157 cm³/mol. The number of piperidine rings is 1. The number of amides is 2. The van der Waals surface area contributed by atoms with Crippen LogP contribution in [0, 0.1) is 5.92 Å². The zero-order valence-corrected chi connectivity index (χ0v) is 22.8. The molecule has 2 unspecified atom stereocenters. The molecule has 10 heteroatoms. The number of hydrogen-bond donors (Lipinski definition) is 3. The second kappa shape index (κ2) is 13.0. The molecule has 2 atom stereocenters. The van der Waals surface area contributed by atoms with Crippen molar-refractivity contribution in [1.82, 2.24) is 9.88 Å². The van der Waals surface area contributed by atoms with Gasteiger partial charge in [-0.1, -0.05) is 31.2 Å². The van der Waals surface area contributed by atoms with Gasteiger partial charge in [-0.3, -0.25) is 14.4 Å². The number of pyridine rings is 1. The zero-order chi connectivity index (χ0) is 28.6. The van der Waals surface area contributed by atoms with Gasteiger partial charge >= 0.3 is 5.97 Å². The van der Waals surface area contributed by atoms with Crippen molar-refractivity contribution in [2.75, 3.05) is 17.2 Å². The standard InChI is InChI=1S/C30H30ClN5O4/c1-3-19-5-12-27(32-17-19)35-29(38)25-16-22(31)8-11-26(25)34-28(37)20-6-9-23(10-7-20)33-18-36-14-13-21(30(39)40)15-24(36)4-2/h3,5-12,16-18,21,24H,1,4,13-15H2,2H3,(H,34,37)(H,39,40)(H,32,35,38). The fourth-order valence-electron chi connectivity index (χ4n) is 4.48. The predicted octanol–water partition coefficient (Wildman–Crippen LogP) is 6.12. The van der Waals surface area contributed by atoms with Crippen LogP contribution < -0.4 is 10.6 Å². The molecule has 0 spiro atoms. The Labute approximate surface area is 237 Å². The normalized spacial score (nSPS) is 16.9. The third kappa shape index (κ3) is 7.12. The summed E-state index contributed by atoms with van der Waals surface area (Å²) in [7, 11) is 0. The topological polar surface area (TPSA) is 124 Å². The van der Waals surface area contributed by atoms with Crippen LogP contribution in [0.2, 0.25) is 5.02 Å². The van der Waals surface area contributed by atoms with Crippen LogP contribution in [-0.4, -0.2) is 51.7 Å². The van der Waals surface area contributed by atoms with E-state index >= 15 is 0 Å². The lowest BCUT2D eigenvalue weighted by Gasteiger charge is -2.36. The van der Waals surface area contributed by atoms with Gasteiger partial charge in [-0.05, 0) is 79.4 Å². The SMILES string of the molecule is C=Cc1ccc(NC(=O)c2cc(Cl)ccc2NC(=O)c2ccc(N=CN3CCC(C(=O)O)CC3CC)cc2)nc1. The number of aliphatic imine (C=N–C) groups is 1. The van der Waals surface area contributed by atoms with Crippen LogP contribution >= 0.6 is 11.6 Å². The molecule has 1 aromatic heterocycles. The first-order valence-electron chi connectivity index (χ1n) is 12.9. The number of halogens is 1. The molecular weight excluding hydrogens is 530 g/mol. The van der Waals surface area contributed by atoms with Crippen LogP contribution in [-0.2, 0) is 4.79 Å². The number of aliphatic carboxylic acids is 1. The number of likely N-dealkylation sites (tertiary alicyclic amines) is 1. The summed E-state index contributed by atoms with van der Waals surface area (Å²) in [5.41, 5.74) is 2.35. The van der Waals surface area contributed by atoms with Crippen LogP contribution in [0.4, 0.5) is 17.2 Å². The Kier molecular flexibility index (Phi) is 9.29. The first-order chi connectivity index (χ1) is 19.3. The molecule has 2 aromatic carbocycles. The van der Waals surface area contributed by atoms with Gasteiger partial charge in [0.25, 0.3) is 11.8 Å². The number of benzene rings is 2. The molecule has 1 aliphatic rings. The van der Waals surface area contributed by atoms with Gasteiger partial charge in [0.1, 0.15) is 5.82 Å². The maximum absolute atomic E-state index is 13.0. The number of aromatic nitrogens is 1. The molecule has 9 nitrogen and oxygen atoms in total. The third-order valence-corrected chi connectivity index (χ3v) is 7.04. The quantitative estimate of drug-likeness (QED) is 0.214. The average Bonchev–Trinajstić information content (AvgIpc) is 2.97. The van der Waals surface area contributed by atoms with Crippen molar-refractivity contribution in [3.8, 4) is 0 Å². The molecule has 4 rings (SSSR count). The van der Waals surface area contributed by atoms with E-state index in [0.29, 0.717) is 47.2 Å². The van der Waals surface area contributed by atoms with E-state index in [1.165, 1.54) is 6.07 Å². The Hall–Kier alpha value is -4.50. The van der Waals surface area contributed by atoms with Gasteiger partial charge in [0.05, 0.1) is 29.2 Å². The number of carboxylic acid groups (broad SMARTS) is 1. The maximum Gasteiger partial charge on any atom is 0.306 e. The lowest BCUT2D eigenvalue weighted by atomic mass is 9.90. The van der Waals surface area contributed by atoms with Crippen molar-refractivity contribution >= 4 is 59.0 Å². The van der Waals surface area contributed by atoms with Gasteiger partial charge in [-0.15, -0.1) is 0 Å². The van der Waals surface area contributed by atoms with Crippen molar-refractivity contribution in [2.24, 2.45) is 10.9 Å². The molecule has 40 heavy (non-hydrogen) atoms. The molecule has 0 bridgehead atoms. The van der Waals surface area contributed by atoms with E-state index in [9.17, 15) is 19.5 Å². The van der Waals surface area contributed by atoms with Crippen LogP contribution in [0.3, 0.4) is 0 Å². The number of hydrogen-bond acceptors (Lipinski definition) is 5. The summed E-state index contributed by atoms with van der Waals surface area (Å²) in [5.74, 6) is -1.59. The lowest BCUT2D eigenvalue weighted by Crippen LogP contribution is -2.43. The largest absolute Gasteiger partial charge is 0.481 e. The minimum atomic E-state index is -0.745. The maximum atomic E-state index is 13.0. The van der Waals surface area contributed by atoms with E-state index in [1.807, 2.05) is 6.92 Å². The highest BCUT2D eigenvalue weighted by molar-refractivity contribution is 6.31. The summed E-state index contributed by atoms with van der Waals surface area (Å²) >= 11 is 6.14. The monoisotopic (exact) mass is 559 g/mol. The minimum Gasteiger partial charge on any atom is -0.481 e. The van der Waals surface area contributed by atoms with Gasteiger partial charge in [-0.2, -0.15) is 0 Å². The molecule has 206 valence electrons. The number of carbonyl (C=O) groups excluding carboxylic acids is 2. The van der Waals surface area contributed by atoms with Gasteiger partial charge in [0, 0.05) is 29.4 Å². The van der Waals surface area contributed by atoms with E-state index in [2.05, 4.69) is 32.1 Å². The van der Waals surface area contributed by atoms with E-state index in [-0.39, 0.29) is 17.5 Å². The van der Waals surface area contributed by atoms with E-state index in [1.54, 1.807) is 67.1 Å². The van der Waals surface area contributed by atoms with E-state index in [0.717, 1.165) is 12.0 Å². The zero-order valence-electron chi connectivity index (χ0n) is 22.0. The van der Waals surface area contributed by atoms with E-state index < -0.39 is 17.8 Å². The molecule has 0 saturated carbocycles. The number of rotatable bonds is 9. The molecular formula is C30H30ClN5O4. The minimum absolute atomic E-state index is 0.122. The molecule has 3 N–H and O–H groups in total. The molecule has 1 fully saturated rings. The van der Waals surface area contributed by atoms with E-state index in [4.69, 9.17) is 11.6 Å². The molecule has 2 heterocycles. The second-order valence-electron chi connectivity index (χ2n) is 9.43. The van der Waals surface area contributed by atoms with Crippen LogP contribution in [0.1, 0.15) is 52.5 Å². The number of nitrogens with one attached hydrogen (secondary N) is 2. The average molecular weight is 560 g/mol. The Morgan fingerprint density at radius 3 is 2.55 bits per heavy atom. The van der Waals surface area contributed by atoms with Gasteiger partial charge in [0.2, 0.25) is 0 Å². The Morgan fingerprint density at radius 1 is 1.12 bits per heavy atom. The summed E-state index contributed by atoms with van der Waals surface area (Å²) in [6, 6.07) is 14.9. The number of anilines is 2. The Morgan fingerprint density at radius 2 is 1.90 bits per heavy atom. The molecule has 0 aliphatic carbocycles. The third-order valence-electron chi connectivity index (χ3n) is 6.80. The number of nitrogens with zero attached hydrogens (tertiary/aromatic N) is 3. The Balaban J connectivity index is 1.42. The van der Waals surface area contributed by atoms with Crippen LogP contribution in [0.5, 0.6) is 0 Å². The fourth-order valence-corrected chi connectivity index (χ4v) is 4.65. The highest BCUT2D eigenvalue weighted by atomic mass is 35.5. The van der Waals surface area contributed by atoms with Crippen molar-refractivity contribution < 1.29 is 19.5 Å². The van der Waals surface area contributed by atoms with Crippen molar-refractivity contribution in [1.29, 1.82) is 0 Å². The fraction of sp³-hybridized carbons (Fsp3) is 0.233. The molecule has 3 aromatic rings. The number of carboxylic acids is 1. The smallest absolute Gasteiger partial charge is 0.306 e. The van der Waals surface area contributed by atoms with Crippen LogP contribution in [0.15, 0.2) is 72.4 Å². The van der Waals surface area contributed by atoms with Gasteiger partial charge in [0.15, 0.2) is 0 Å². The van der Waals surface area contributed by atoms with Crippen LogP contribution in [0.25, 0.3) is 6.08 Å². The summed E-state index contributed by atoms with van der Waals surface area (Å²) in [4.78, 5) is 48.1. The molecule has 0 radical (unpaired) electrons. The summed E-state index contributed by atoms with van der Waals surface area (Å²) in [6.45, 7) is 6.35. The molecule has 1 aliphatic heterocycles. The molecule has 1 saturated heterocycles. The summed E-state index contributed by atoms with van der Waals surface area (Å²) in [5, 5.41) is 15.2. The first kappa shape index (κ1) is 28.5. The summed E-state index contributed by atoms with van der Waals surface area (Å²) < 4.78 is 0. The summed E-state index contributed by atoms with van der Waals surface area (Å²) in [6.07, 6.45) is 6.99. The van der Waals surface area contributed by atoms with Crippen molar-refractivity contribution in [3.63, 3.8) is 0 Å². The highest BCUT2D eigenvalue weighted by Gasteiger charge is 2.29. The van der Waals surface area contributed by atoms with Crippen molar-refractivity contribution in [3.05, 3.63) is 89.1 Å². The van der Waals surface area contributed by atoms with Gasteiger partial charge in [-0.25, -0.2) is 9.98 Å². The lowest BCUT2D eigenvalue weighted by molar-refractivity contribution is -0.143. The number of carbonyl (C=O) groups is 3. The Bertz CT molecular complexity index is 1420.